The van der Waals surface area contributed by atoms with E-state index in [-0.39, 0.29) is 5.91 Å². The molecule has 1 aliphatic heterocycles. The summed E-state index contributed by atoms with van der Waals surface area (Å²) < 4.78 is 10.2. The molecular weight excluding hydrogens is 390 g/mol. The molecule has 7 nitrogen and oxygen atoms in total. The second kappa shape index (κ2) is 8.08. The number of thiazole rings is 1. The SMILES string of the molecule is COC(=O)c1ccc(N2CCCC2)c(NC(=O)c2nc(-c3ccco3)sc2C)c1. The van der Waals surface area contributed by atoms with Gasteiger partial charge in [0.2, 0.25) is 0 Å². The van der Waals surface area contributed by atoms with Crippen LogP contribution in [0.2, 0.25) is 0 Å². The molecule has 0 bridgehead atoms. The minimum absolute atomic E-state index is 0.320. The predicted octanol–water partition coefficient (Wildman–Crippen LogP) is 4.35. The summed E-state index contributed by atoms with van der Waals surface area (Å²) in [5.41, 5.74) is 2.20. The number of furan rings is 1. The number of nitrogens with zero attached hydrogens (tertiary/aromatic N) is 2. The van der Waals surface area contributed by atoms with Gasteiger partial charge in [0.1, 0.15) is 5.69 Å². The number of esters is 1. The maximum Gasteiger partial charge on any atom is 0.337 e. The Bertz CT molecular complexity index is 1040. The van der Waals surface area contributed by atoms with Crippen LogP contribution < -0.4 is 10.2 Å². The van der Waals surface area contributed by atoms with Gasteiger partial charge in [0.05, 0.1) is 30.3 Å². The molecule has 1 N–H and O–H groups in total. The molecule has 1 saturated heterocycles. The predicted molar refractivity (Wildman–Crippen MR) is 112 cm³/mol. The van der Waals surface area contributed by atoms with E-state index in [1.165, 1.54) is 18.4 Å². The summed E-state index contributed by atoms with van der Waals surface area (Å²) in [6.45, 7) is 3.68. The van der Waals surface area contributed by atoms with E-state index < -0.39 is 5.97 Å². The van der Waals surface area contributed by atoms with Crippen LogP contribution in [0.5, 0.6) is 0 Å². The second-order valence-corrected chi connectivity index (χ2v) is 7.98. The Morgan fingerprint density at radius 1 is 1.24 bits per heavy atom. The third kappa shape index (κ3) is 3.88. The van der Waals surface area contributed by atoms with E-state index in [1.54, 1.807) is 24.5 Å². The van der Waals surface area contributed by atoms with E-state index in [4.69, 9.17) is 9.15 Å². The third-order valence-electron chi connectivity index (χ3n) is 4.86. The minimum Gasteiger partial charge on any atom is -0.465 e. The van der Waals surface area contributed by atoms with Gasteiger partial charge in [-0.2, -0.15) is 0 Å². The van der Waals surface area contributed by atoms with Crippen molar-refractivity contribution in [3.63, 3.8) is 0 Å². The van der Waals surface area contributed by atoms with Gasteiger partial charge >= 0.3 is 5.97 Å². The molecule has 0 aliphatic carbocycles. The molecule has 0 saturated carbocycles. The molecule has 3 aromatic rings. The van der Waals surface area contributed by atoms with Gasteiger partial charge in [0.25, 0.3) is 5.91 Å². The van der Waals surface area contributed by atoms with Crippen molar-refractivity contribution >= 4 is 34.6 Å². The highest BCUT2D eigenvalue weighted by Crippen LogP contribution is 2.32. The van der Waals surface area contributed by atoms with Crippen LogP contribution in [0.15, 0.2) is 41.0 Å². The van der Waals surface area contributed by atoms with Crippen molar-refractivity contribution < 1.29 is 18.7 Å². The summed E-state index contributed by atoms with van der Waals surface area (Å²) in [5.74, 6) is -0.139. The van der Waals surface area contributed by atoms with Crippen molar-refractivity contribution in [1.82, 2.24) is 4.98 Å². The zero-order valence-corrected chi connectivity index (χ0v) is 17.0. The van der Waals surface area contributed by atoms with Gasteiger partial charge in [-0.1, -0.05) is 0 Å². The molecule has 8 heteroatoms. The molecule has 0 unspecified atom stereocenters. The van der Waals surface area contributed by atoms with Gasteiger partial charge < -0.3 is 19.4 Å². The highest BCUT2D eigenvalue weighted by molar-refractivity contribution is 7.15. The normalized spacial score (nSPS) is 13.5. The smallest absolute Gasteiger partial charge is 0.337 e. The Balaban J connectivity index is 1.65. The largest absolute Gasteiger partial charge is 0.465 e. The molecule has 0 radical (unpaired) electrons. The first kappa shape index (κ1) is 19.2. The lowest BCUT2D eigenvalue weighted by Crippen LogP contribution is -2.22. The number of benzene rings is 1. The lowest BCUT2D eigenvalue weighted by Gasteiger charge is -2.22. The Morgan fingerprint density at radius 2 is 2.03 bits per heavy atom. The highest BCUT2D eigenvalue weighted by atomic mass is 32.1. The highest BCUT2D eigenvalue weighted by Gasteiger charge is 2.22. The molecule has 1 aromatic carbocycles. The molecule has 0 spiro atoms. The van der Waals surface area contributed by atoms with Gasteiger partial charge in [0, 0.05) is 18.0 Å². The average Bonchev–Trinajstić information content (AvgIpc) is 3.48. The second-order valence-electron chi connectivity index (χ2n) is 6.77. The van der Waals surface area contributed by atoms with Gasteiger partial charge in [-0.05, 0) is 50.1 Å². The molecule has 150 valence electrons. The van der Waals surface area contributed by atoms with Crippen molar-refractivity contribution in [3.8, 4) is 10.8 Å². The number of hydrogen-bond donors (Lipinski definition) is 1. The zero-order valence-electron chi connectivity index (χ0n) is 16.2. The van der Waals surface area contributed by atoms with Crippen LogP contribution in [-0.2, 0) is 4.74 Å². The average molecular weight is 411 g/mol. The number of anilines is 2. The van der Waals surface area contributed by atoms with Crippen LogP contribution in [0, 0.1) is 6.92 Å². The topological polar surface area (TPSA) is 84.7 Å². The summed E-state index contributed by atoms with van der Waals surface area (Å²) >= 11 is 1.40. The Kier molecular flexibility index (Phi) is 5.35. The molecule has 29 heavy (non-hydrogen) atoms. The number of ether oxygens (including phenoxy) is 1. The Hall–Kier alpha value is -3.13. The molecule has 0 atom stereocenters. The van der Waals surface area contributed by atoms with Crippen molar-refractivity contribution in [3.05, 3.63) is 52.7 Å². The van der Waals surface area contributed by atoms with Gasteiger partial charge in [-0.15, -0.1) is 11.3 Å². The van der Waals surface area contributed by atoms with Gasteiger partial charge in [-0.25, -0.2) is 9.78 Å². The lowest BCUT2D eigenvalue weighted by molar-refractivity contribution is 0.0600. The summed E-state index contributed by atoms with van der Waals surface area (Å²) in [4.78, 5) is 32.4. The number of aryl methyl sites for hydroxylation is 1. The first-order valence-electron chi connectivity index (χ1n) is 9.37. The van der Waals surface area contributed by atoms with Crippen LogP contribution in [-0.4, -0.2) is 37.1 Å². The molecular formula is C21H21N3O4S. The van der Waals surface area contributed by atoms with E-state index in [1.807, 2.05) is 19.1 Å². The summed E-state index contributed by atoms with van der Waals surface area (Å²) in [6, 6.07) is 8.83. The first-order chi connectivity index (χ1) is 14.1. The monoisotopic (exact) mass is 411 g/mol. The Morgan fingerprint density at radius 3 is 2.72 bits per heavy atom. The number of rotatable bonds is 5. The molecule has 4 rings (SSSR count). The molecule has 1 fully saturated rings. The standard InChI is InChI=1S/C21H21N3O4S/c1-13-18(23-20(29-13)17-6-5-11-28-17)19(25)22-15-12-14(21(26)27-2)7-8-16(15)24-9-3-4-10-24/h5-8,11-12H,3-4,9-10H2,1-2H3,(H,22,25). The van der Waals surface area contributed by atoms with E-state index >= 15 is 0 Å². The van der Waals surface area contributed by atoms with Gasteiger partial charge in [0.15, 0.2) is 10.8 Å². The van der Waals surface area contributed by atoms with Crippen LogP contribution in [0.3, 0.4) is 0 Å². The third-order valence-corrected chi connectivity index (χ3v) is 5.84. The molecule has 2 aromatic heterocycles. The van der Waals surface area contributed by atoms with E-state index in [0.29, 0.717) is 27.7 Å². The first-order valence-corrected chi connectivity index (χ1v) is 10.2. The van der Waals surface area contributed by atoms with E-state index in [0.717, 1.165) is 36.5 Å². The van der Waals surface area contributed by atoms with Crippen molar-refractivity contribution in [1.29, 1.82) is 0 Å². The van der Waals surface area contributed by atoms with Crippen LogP contribution in [0.25, 0.3) is 10.8 Å². The number of nitrogens with one attached hydrogen (secondary N) is 1. The number of carbonyl (C=O) groups excluding carboxylic acids is 2. The fourth-order valence-electron chi connectivity index (χ4n) is 3.41. The zero-order chi connectivity index (χ0) is 20.4. The number of hydrogen-bond acceptors (Lipinski definition) is 7. The molecule has 1 aliphatic rings. The quantitative estimate of drug-likeness (QED) is 0.629. The summed E-state index contributed by atoms with van der Waals surface area (Å²) in [6.07, 6.45) is 3.78. The summed E-state index contributed by atoms with van der Waals surface area (Å²) in [7, 11) is 1.34. The fraction of sp³-hybridized carbons (Fsp3) is 0.286. The van der Waals surface area contributed by atoms with E-state index in [9.17, 15) is 9.59 Å². The number of methoxy groups -OCH3 is 1. The number of carbonyl (C=O) groups is 2. The van der Waals surface area contributed by atoms with Crippen LogP contribution in [0.1, 0.15) is 38.6 Å². The molecule has 3 heterocycles. The molecule has 1 amide bonds. The van der Waals surface area contributed by atoms with Crippen LogP contribution in [0.4, 0.5) is 11.4 Å². The van der Waals surface area contributed by atoms with Crippen molar-refractivity contribution in [2.75, 3.05) is 30.4 Å². The lowest BCUT2D eigenvalue weighted by atomic mass is 10.1. The number of amides is 1. The van der Waals surface area contributed by atoms with E-state index in [2.05, 4.69) is 15.2 Å². The summed E-state index contributed by atoms with van der Waals surface area (Å²) in [5, 5.41) is 3.60. The maximum absolute atomic E-state index is 13.0. The van der Waals surface area contributed by atoms with Crippen LogP contribution >= 0.6 is 11.3 Å². The fourth-order valence-corrected chi connectivity index (χ4v) is 4.29. The van der Waals surface area contributed by atoms with Crippen molar-refractivity contribution in [2.24, 2.45) is 0 Å². The van der Waals surface area contributed by atoms with Crippen molar-refractivity contribution in [2.45, 2.75) is 19.8 Å². The Labute approximate surface area is 172 Å². The minimum atomic E-state index is -0.446. The van der Waals surface area contributed by atoms with Gasteiger partial charge in [-0.3, -0.25) is 4.79 Å². The number of aromatic nitrogens is 1. The maximum atomic E-state index is 13.0.